The van der Waals surface area contributed by atoms with Gasteiger partial charge in [0.15, 0.2) is 0 Å². The van der Waals surface area contributed by atoms with E-state index in [1.807, 2.05) is 0 Å². The Balaban J connectivity index is 2.05. The molecule has 1 aromatic heterocycles. The molecule has 0 bridgehead atoms. The zero-order valence-electron chi connectivity index (χ0n) is 9.49. The summed E-state index contributed by atoms with van der Waals surface area (Å²) in [4.78, 5) is 5.72. The summed E-state index contributed by atoms with van der Waals surface area (Å²) in [5, 5.41) is 1.32. The predicted molar refractivity (Wildman–Crippen MR) is 66.1 cm³/mol. The second kappa shape index (κ2) is 3.83. The third-order valence-corrected chi connectivity index (χ3v) is 3.17. The first-order valence-electron chi connectivity index (χ1n) is 5.75. The van der Waals surface area contributed by atoms with Gasteiger partial charge in [-0.1, -0.05) is 11.6 Å². The fourth-order valence-corrected chi connectivity index (χ4v) is 2.29. The Morgan fingerprint density at radius 2 is 2.06 bits per heavy atom. The van der Waals surface area contributed by atoms with Gasteiger partial charge in [0.2, 0.25) is 0 Å². The molecular formula is C13H16N2O. The van der Waals surface area contributed by atoms with Crippen LogP contribution in [-0.4, -0.2) is 31.3 Å². The van der Waals surface area contributed by atoms with Crippen LogP contribution in [0.25, 0.3) is 10.9 Å². The highest BCUT2D eigenvalue weighted by atomic mass is 16.5. The molecule has 3 heteroatoms. The predicted octanol–water partition coefficient (Wildman–Crippen LogP) is 2.31. The van der Waals surface area contributed by atoms with Gasteiger partial charge in [-0.05, 0) is 19.1 Å². The molecule has 1 saturated heterocycles. The Kier molecular flexibility index (Phi) is 2.33. The van der Waals surface area contributed by atoms with Crippen molar-refractivity contribution in [3.63, 3.8) is 0 Å². The molecule has 84 valence electrons. The standard InChI is InChI=1S/C13H16N2O/c1-10-2-3-12-11(8-10)13(9-14-12)15-4-6-16-7-5-15/h2-3,8-9,14H,4-7H2,1H3. The molecule has 0 unspecified atom stereocenters. The van der Waals surface area contributed by atoms with Crippen LogP contribution in [0.15, 0.2) is 24.4 Å². The number of fused-ring (bicyclic) bond motifs is 1. The van der Waals surface area contributed by atoms with Crippen LogP contribution in [0, 0.1) is 6.92 Å². The number of nitrogens with zero attached hydrogens (tertiary/aromatic N) is 1. The maximum atomic E-state index is 5.38. The van der Waals surface area contributed by atoms with Crippen molar-refractivity contribution in [2.75, 3.05) is 31.2 Å². The molecule has 3 nitrogen and oxygen atoms in total. The zero-order chi connectivity index (χ0) is 11.0. The van der Waals surface area contributed by atoms with E-state index in [9.17, 15) is 0 Å². The second-order valence-electron chi connectivity index (χ2n) is 4.32. The molecule has 1 aliphatic heterocycles. The van der Waals surface area contributed by atoms with Crippen LogP contribution in [0.4, 0.5) is 5.69 Å². The first kappa shape index (κ1) is 9.73. The molecule has 0 spiro atoms. The SMILES string of the molecule is Cc1ccc2[nH]cc(N3CCOCC3)c2c1. The minimum atomic E-state index is 0.832. The van der Waals surface area contributed by atoms with E-state index >= 15 is 0 Å². The van der Waals surface area contributed by atoms with Crippen molar-refractivity contribution in [2.45, 2.75) is 6.92 Å². The Hall–Kier alpha value is -1.48. The number of anilines is 1. The van der Waals surface area contributed by atoms with E-state index in [1.54, 1.807) is 0 Å². The summed E-state index contributed by atoms with van der Waals surface area (Å²) in [6.07, 6.45) is 2.11. The van der Waals surface area contributed by atoms with Crippen LogP contribution in [0.1, 0.15) is 5.56 Å². The smallest absolute Gasteiger partial charge is 0.0642 e. The number of nitrogens with one attached hydrogen (secondary N) is 1. The van der Waals surface area contributed by atoms with Crippen molar-refractivity contribution >= 4 is 16.6 Å². The number of morpholine rings is 1. The van der Waals surface area contributed by atoms with Crippen LogP contribution < -0.4 is 4.90 Å². The van der Waals surface area contributed by atoms with Crippen LogP contribution in [-0.2, 0) is 4.74 Å². The fourth-order valence-electron chi connectivity index (χ4n) is 2.29. The minimum absolute atomic E-state index is 0.832. The van der Waals surface area contributed by atoms with E-state index in [0.717, 1.165) is 26.3 Å². The summed E-state index contributed by atoms with van der Waals surface area (Å²) in [5.74, 6) is 0. The normalized spacial score (nSPS) is 16.9. The first-order chi connectivity index (χ1) is 7.84. The number of benzene rings is 1. The van der Waals surface area contributed by atoms with Gasteiger partial charge in [-0.25, -0.2) is 0 Å². The van der Waals surface area contributed by atoms with Crippen LogP contribution >= 0.6 is 0 Å². The van der Waals surface area contributed by atoms with Crippen molar-refractivity contribution in [2.24, 2.45) is 0 Å². The van der Waals surface area contributed by atoms with Crippen LogP contribution in [0.3, 0.4) is 0 Å². The molecule has 1 N–H and O–H groups in total. The Bertz CT molecular complexity index is 498. The van der Waals surface area contributed by atoms with E-state index in [2.05, 4.69) is 41.2 Å². The maximum absolute atomic E-state index is 5.38. The summed E-state index contributed by atoms with van der Waals surface area (Å²) in [6, 6.07) is 6.53. The molecule has 0 atom stereocenters. The van der Waals surface area contributed by atoms with E-state index in [4.69, 9.17) is 4.74 Å². The number of aryl methyl sites for hydroxylation is 1. The first-order valence-corrected chi connectivity index (χ1v) is 5.75. The number of rotatable bonds is 1. The van der Waals surface area contributed by atoms with Crippen molar-refractivity contribution in [3.05, 3.63) is 30.0 Å². The highest BCUT2D eigenvalue weighted by Gasteiger charge is 2.14. The molecular weight excluding hydrogens is 200 g/mol. The number of aromatic amines is 1. The molecule has 1 aliphatic rings. The van der Waals surface area contributed by atoms with Crippen LogP contribution in [0.2, 0.25) is 0 Å². The maximum Gasteiger partial charge on any atom is 0.0642 e. The van der Waals surface area contributed by atoms with Gasteiger partial charge in [-0.2, -0.15) is 0 Å². The van der Waals surface area contributed by atoms with Crippen molar-refractivity contribution < 1.29 is 4.74 Å². The van der Waals surface area contributed by atoms with Gasteiger partial charge >= 0.3 is 0 Å². The lowest BCUT2D eigenvalue weighted by Crippen LogP contribution is -2.36. The number of ether oxygens (including phenoxy) is 1. The Morgan fingerprint density at radius 1 is 1.25 bits per heavy atom. The summed E-state index contributed by atoms with van der Waals surface area (Å²) in [5.41, 5.74) is 3.83. The lowest BCUT2D eigenvalue weighted by Gasteiger charge is -2.28. The van der Waals surface area contributed by atoms with Crippen LogP contribution in [0.5, 0.6) is 0 Å². The van der Waals surface area contributed by atoms with E-state index in [1.165, 1.54) is 22.2 Å². The van der Waals surface area contributed by atoms with Crippen molar-refractivity contribution in [3.8, 4) is 0 Å². The fraction of sp³-hybridized carbons (Fsp3) is 0.385. The average molecular weight is 216 g/mol. The highest BCUT2D eigenvalue weighted by molar-refractivity contribution is 5.93. The minimum Gasteiger partial charge on any atom is -0.378 e. The molecule has 2 aromatic rings. The van der Waals surface area contributed by atoms with E-state index in [0.29, 0.717) is 0 Å². The van der Waals surface area contributed by atoms with Gasteiger partial charge in [0.25, 0.3) is 0 Å². The topological polar surface area (TPSA) is 28.3 Å². The molecule has 16 heavy (non-hydrogen) atoms. The largest absolute Gasteiger partial charge is 0.378 e. The van der Waals surface area contributed by atoms with E-state index in [-0.39, 0.29) is 0 Å². The third kappa shape index (κ3) is 1.57. The number of H-pyrrole nitrogens is 1. The summed E-state index contributed by atoms with van der Waals surface area (Å²) >= 11 is 0. The van der Waals surface area contributed by atoms with Gasteiger partial charge in [-0.3, -0.25) is 0 Å². The summed E-state index contributed by atoms with van der Waals surface area (Å²) in [7, 11) is 0. The molecule has 0 saturated carbocycles. The van der Waals surface area contributed by atoms with Gasteiger partial charge in [0, 0.05) is 30.2 Å². The van der Waals surface area contributed by atoms with Gasteiger partial charge in [0.05, 0.1) is 18.9 Å². The summed E-state index contributed by atoms with van der Waals surface area (Å²) in [6.45, 7) is 5.77. The van der Waals surface area contributed by atoms with Crippen molar-refractivity contribution in [1.82, 2.24) is 4.98 Å². The Morgan fingerprint density at radius 3 is 2.88 bits per heavy atom. The molecule has 0 amide bonds. The quantitative estimate of drug-likeness (QED) is 0.792. The molecule has 2 heterocycles. The average Bonchev–Trinajstić information content (AvgIpc) is 2.73. The van der Waals surface area contributed by atoms with Crippen molar-refractivity contribution in [1.29, 1.82) is 0 Å². The van der Waals surface area contributed by atoms with Gasteiger partial charge in [-0.15, -0.1) is 0 Å². The molecule has 0 radical (unpaired) electrons. The highest BCUT2D eigenvalue weighted by Crippen LogP contribution is 2.27. The summed E-state index contributed by atoms with van der Waals surface area (Å²) < 4.78 is 5.38. The van der Waals surface area contributed by atoms with E-state index < -0.39 is 0 Å². The lowest BCUT2D eigenvalue weighted by atomic mass is 10.1. The molecule has 1 fully saturated rings. The molecule has 1 aromatic carbocycles. The number of hydrogen-bond acceptors (Lipinski definition) is 2. The second-order valence-corrected chi connectivity index (χ2v) is 4.32. The lowest BCUT2D eigenvalue weighted by molar-refractivity contribution is 0.123. The third-order valence-electron chi connectivity index (χ3n) is 3.17. The number of aromatic nitrogens is 1. The Labute approximate surface area is 95.0 Å². The monoisotopic (exact) mass is 216 g/mol. The number of hydrogen-bond donors (Lipinski definition) is 1. The zero-order valence-corrected chi connectivity index (χ0v) is 9.49. The van der Waals surface area contributed by atoms with Gasteiger partial charge in [0.1, 0.15) is 0 Å². The van der Waals surface area contributed by atoms with Gasteiger partial charge < -0.3 is 14.6 Å². The molecule has 0 aliphatic carbocycles. The molecule has 3 rings (SSSR count).